The number of piperidine rings is 1. The number of likely N-dealkylation sites (tertiary alicyclic amines) is 1. The average Bonchev–Trinajstić information content (AvgIpc) is 2.62. The summed E-state index contributed by atoms with van der Waals surface area (Å²) in [6.07, 6.45) is 4.10. The van der Waals surface area contributed by atoms with Crippen LogP contribution in [0.25, 0.3) is 0 Å². The third-order valence-corrected chi connectivity index (χ3v) is 4.41. The first-order valence-electron chi connectivity index (χ1n) is 8.27. The molecule has 1 aromatic heterocycles. The van der Waals surface area contributed by atoms with Crippen LogP contribution in [0, 0.1) is 5.92 Å². The number of carbonyl (C=O) groups excluding carboxylic acids is 1. The third-order valence-electron chi connectivity index (χ3n) is 4.41. The maximum absolute atomic E-state index is 12.1. The zero-order valence-electron chi connectivity index (χ0n) is 13.3. The van der Waals surface area contributed by atoms with Crippen molar-refractivity contribution < 1.29 is 4.79 Å². The van der Waals surface area contributed by atoms with Gasteiger partial charge in [0.25, 0.3) is 5.91 Å². The molecule has 1 aromatic carbocycles. The van der Waals surface area contributed by atoms with E-state index in [-0.39, 0.29) is 5.91 Å². The van der Waals surface area contributed by atoms with Gasteiger partial charge in [-0.2, -0.15) is 0 Å². The number of aromatic nitrogens is 1. The molecule has 0 saturated carbocycles. The normalized spacial score (nSPS) is 16.2. The van der Waals surface area contributed by atoms with Crippen molar-refractivity contribution >= 4 is 5.91 Å². The molecule has 0 spiro atoms. The van der Waals surface area contributed by atoms with Gasteiger partial charge in [0.1, 0.15) is 0 Å². The van der Waals surface area contributed by atoms with Crippen LogP contribution in [-0.2, 0) is 6.54 Å². The molecule has 2 aromatic rings. The van der Waals surface area contributed by atoms with Gasteiger partial charge in [0, 0.05) is 24.8 Å². The van der Waals surface area contributed by atoms with E-state index in [4.69, 9.17) is 0 Å². The molecule has 1 amide bonds. The summed E-state index contributed by atoms with van der Waals surface area (Å²) in [6.45, 7) is 3.83. The predicted molar refractivity (Wildman–Crippen MR) is 91.0 cm³/mol. The minimum Gasteiger partial charge on any atom is -0.352 e. The minimum atomic E-state index is 0.0292. The third kappa shape index (κ3) is 4.63. The summed E-state index contributed by atoms with van der Waals surface area (Å²) in [5, 5.41) is 3.06. The molecule has 1 fully saturated rings. The molecule has 23 heavy (non-hydrogen) atoms. The second-order valence-electron chi connectivity index (χ2n) is 6.12. The highest BCUT2D eigenvalue weighted by atomic mass is 16.1. The maximum Gasteiger partial charge on any atom is 0.251 e. The van der Waals surface area contributed by atoms with E-state index in [1.54, 1.807) is 0 Å². The molecule has 2 heterocycles. The van der Waals surface area contributed by atoms with Gasteiger partial charge in [-0.3, -0.25) is 14.7 Å². The average molecular weight is 309 g/mol. The van der Waals surface area contributed by atoms with E-state index in [2.05, 4.69) is 21.3 Å². The second kappa shape index (κ2) is 7.88. The Labute approximate surface area is 137 Å². The van der Waals surface area contributed by atoms with Crippen molar-refractivity contribution in [2.24, 2.45) is 5.92 Å². The standard InChI is InChI=1S/C19H23N3O/c23-19(17-6-2-1-3-7-17)21-14-16-9-12-22(13-10-16)15-18-8-4-5-11-20-18/h1-8,11,16H,9-10,12-15H2,(H,21,23). The lowest BCUT2D eigenvalue weighted by Crippen LogP contribution is -2.38. The van der Waals surface area contributed by atoms with E-state index in [0.29, 0.717) is 5.92 Å². The van der Waals surface area contributed by atoms with Crippen molar-refractivity contribution in [3.05, 3.63) is 66.0 Å². The van der Waals surface area contributed by atoms with Crippen LogP contribution in [-0.4, -0.2) is 35.4 Å². The van der Waals surface area contributed by atoms with Crippen LogP contribution in [0.3, 0.4) is 0 Å². The van der Waals surface area contributed by atoms with E-state index >= 15 is 0 Å². The lowest BCUT2D eigenvalue weighted by Gasteiger charge is -2.31. The molecule has 4 nitrogen and oxygen atoms in total. The zero-order valence-corrected chi connectivity index (χ0v) is 13.3. The number of benzene rings is 1. The van der Waals surface area contributed by atoms with Crippen molar-refractivity contribution in [3.63, 3.8) is 0 Å². The molecule has 120 valence electrons. The van der Waals surface area contributed by atoms with Crippen molar-refractivity contribution in [1.29, 1.82) is 0 Å². The fraction of sp³-hybridized carbons (Fsp3) is 0.368. The molecule has 3 rings (SSSR count). The van der Waals surface area contributed by atoms with Gasteiger partial charge in [-0.25, -0.2) is 0 Å². The fourth-order valence-corrected chi connectivity index (χ4v) is 3.00. The molecule has 1 saturated heterocycles. The maximum atomic E-state index is 12.1. The van der Waals surface area contributed by atoms with Gasteiger partial charge in [0.05, 0.1) is 5.69 Å². The largest absolute Gasteiger partial charge is 0.352 e. The number of hydrogen-bond donors (Lipinski definition) is 1. The summed E-state index contributed by atoms with van der Waals surface area (Å²) in [5.74, 6) is 0.601. The molecular formula is C19H23N3O. The topological polar surface area (TPSA) is 45.2 Å². The van der Waals surface area contributed by atoms with Crippen molar-refractivity contribution in [2.75, 3.05) is 19.6 Å². The van der Waals surface area contributed by atoms with Gasteiger partial charge < -0.3 is 5.32 Å². The Morgan fingerprint density at radius 1 is 1.09 bits per heavy atom. The lowest BCUT2D eigenvalue weighted by atomic mass is 9.96. The second-order valence-corrected chi connectivity index (χ2v) is 6.12. The van der Waals surface area contributed by atoms with Crippen LogP contribution in [0.4, 0.5) is 0 Å². The summed E-state index contributed by atoms with van der Waals surface area (Å²) in [7, 11) is 0. The number of carbonyl (C=O) groups is 1. The zero-order chi connectivity index (χ0) is 15.9. The number of hydrogen-bond acceptors (Lipinski definition) is 3. The van der Waals surface area contributed by atoms with Crippen LogP contribution in [0.2, 0.25) is 0 Å². The predicted octanol–water partition coefficient (Wildman–Crippen LogP) is 2.72. The van der Waals surface area contributed by atoms with Gasteiger partial charge in [-0.15, -0.1) is 0 Å². The SMILES string of the molecule is O=C(NCC1CCN(Cc2ccccn2)CC1)c1ccccc1. The number of rotatable bonds is 5. The van der Waals surface area contributed by atoms with Crippen LogP contribution in [0.1, 0.15) is 28.9 Å². The molecule has 4 heteroatoms. The highest BCUT2D eigenvalue weighted by Gasteiger charge is 2.20. The Morgan fingerprint density at radius 3 is 2.52 bits per heavy atom. The first-order valence-corrected chi connectivity index (χ1v) is 8.27. The quantitative estimate of drug-likeness (QED) is 0.923. The fourth-order valence-electron chi connectivity index (χ4n) is 3.00. The summed E-state index contributed by atoms with van der Waals surface area (Å²) >= 11 is 0. The number of nitrogens with zero attached hydrogens (tertiary/aromatic N) is 2. The van der Waals surface area contributed by atoms with Gasteiger partial charge in [-0.1, -0.05) is 24.3 Å². The highest BCUT2D eigenvalue weighted by molar-refractivity contribution is 5.94. The Bertz CT molecular complexity index is 607. The number of nitrogens with one attached hydrogen (secondary N) is 1. The number of pyridine rings is 1. The molecular weight excluding hydrogens is 286 g/mol. The van der Waals surface area contributed by atoms with Crippen LogP contribution in [0.15, 0.2) is 54.7 Å². The van der Waals surface area contributed by atoms with Gasteiger partial charge in [-0.05, 0) is 56.1 Å². The summed E-state index contributed by atoms with van der Waals surface area (Å²) in [4.78, 5) is 18.9. The molecule has 0 bridgehead atoms. The van der Waals surface area contributed by atoms with Crippen molar-refractivity contribution in [1.82, 2.24) is 15.2 Å². The summed E-state index contributed by atoms with van der Waals surface area (Å²) in [6, 6.07) is 15.5. The Balaban J connectivity index is 1.40. The molecule has 0 radical (unpaired) electrons. The van der Waals surface area contributed by atoms with E-state index < -0.39 is 0 Å². The first-order chi connectivity index (χ1) is 11.3. The first kappa shape index (κ1) is 15.7. The molecule has 1 aliphatic heterocycles. The molecule has 0 atom stereocenters. The Hall–Kier alpha value is -2.20. The van der Waals surface area contributed by atoms with E-state index in [9.17, 15) is 4.79 Å². The number of amides is 1. The lowest BCUT2D eigenvalue weighted by molar-refractivity contribution is 0.0935. The van der Waals surface area contributed by atoms with Crippen molar-refractivity contribution in [3.8, 4) is 0 Å². The monoisotopic (exact) mass is 309 g/mol. The molecule has 1 N–H and O–H groups in total. The van der Waals surface area contributed by atoms with Gasteiger partial charge in [0.15, 0.2) is 0 Å². The molecule has 0 aliphatic carbocycles. The van der Waals surface area contributed by atoms with Crippen LogP contribution >= 0.6 is 0 Å². The van der Waals surface area contributed by atoms with Crippen molar-refractivity contribution in [2.45, 2.75) is 19.4 Å². The molecule has 0 unspecified atom stereocenters. The van der Waals surface area contributed by atoms with E-state index in [0.717, 1.165) is 50.3 Å². The minimum absolute atomic E-state index is 0.0292. The Morgan fingerprint density at radius 2 is 1.83 bits per heavy atom. The van der Waals surface area contributed by atoms with E-state index in [1.165, 1.54) is 0 Å². The summed E-state index contributed by atoms with van der Waals surface area (Å²) in [5.41, 5.74) is 1.86. The highest BCUT2D eigenvalue weighted by Crippen LogP contribution is 2.18. The van der Waals surface area contributed by atoms with Crippen LogP contribution in [0.5, 0.6) is 0 Å². The van der Waals surface area contributed by atoms with Gasteiger partial charge >= 0.3 is 0 Å². The van der Waals surface area contributed by atoms with Crippen LogP contribution < -0.4 is 5.32 Å². The smallest absolute Gasteiger partial charge is 0.251 e. The van der Waals surface area contributed by atoms with Gasteiger partial charge in [0.2, 0.25) is 0 Å². The summed E-state index contributed by atoms with van der Waals surface area (Å²) < 4.78 is 0. The van der Waals surface area contributed by atoms with E-state index in [1.807, 2.05) is 48.7 Å². The molecule has 1 aliphatic rings. The Kier molecular flexibility index (Phi) is 5.37.